The highest BCUT2D eigenvalue weighted by molar-refractivity contribution is 5.86. The molecule has 0 bridgehead atoms. The lowest BCUT2D eigenvalue weighted by atomic mass is 10.1. The molecule has 0 fully saturated rings. The molecular weight excluding hydrogens is 184 g/mol. The van der Waals surface area contributed by atoms with Crippen molar-refractivity contribution < 1.29 is 9.72 Å². The summed E-state index contributed by atoms with van der Waals surface area (Å²) in [6.07, 6.45) is 1.68. The summed E-state index contributed by atoms with van der Waals surface area (Å²) in [5.41, 5.74) is 0.712. The normalized spacial score (nSPS) is 9.57. The molecule has 0 unspecified atom stereocenters. The van der Waals surface area contributed by atoms with Crippen LogP contribution in [0.25, 0.3) is 0 Å². The van der Waals surface area contributed by atoms with Crippen molar-refractivity contribution in [3.05, 3.63) is 33.9 Å². The van der Waals surface area contributed by atoms with Gasteiger partial charge in [-0.25, -0.2) is 0 Å². The molecule has 5 heteroatoms. The molecule has 14 heavy (non-hydrogen) atoms. The van der Waals surface area contributed by atoms with Gasteiger partial charge >= 0.3 is 0 Å². The Hall–Kier alpha value is -1.91. The first-order valence-corrected chi connectivity index (χ1v) is 3.90. The number of rotatable bonds is 3. The lowest BCUT2D eigenvalue weighted by Crippen LogP contribution is -2.11. The summed E-state index contributed by atoms with van der Waals surface area (Å²) in [4.78, 5) is 22.1. The average molecular weight is 193 g/mol. The Morgan fingerprint density at radius 3 is 2.50 bits per heavy atom. The van der Waals surface area contributed by atoms with Crippen molar-refractivity contribution in [3.63, 3.8) is 0 Å². The number of hydrogen-bond donors (Lipinski definition) is 0. The maximum absolute atomic E-state index is 10.5. The highest BCUT2D eigenvalue weighted by atomic mass is 16.6. The quantitative estimate of drug-likeness (QED) is 0.533. The molecule has 0 heterocycles. The molecule has 0 N–H and O–H groups in total. The van der Waals surface area contributed by atoms with Gasteiger partial charge in [0.25, 0.3) is 5.69 Å². The van der Waals surface area contributed by atoms with Gasteiger partial charge < -0.3 is 4.90 Å². The Morgan fingerprint density at radius 1 is 1.43 bits per heavy atom. The highest BCUT2D eigenvalue weighted by Crippen LogP contribution is 2.22. The first-order valence-electron chi connectivity index (χ1n) is 3.90. The molecule has 1 aromatic rings. The van der Waals surface area contributed by atoms with Gasteiger partial charge in [-0.05, 0) is 6.07 Å². The molecule has 73 valence electrons. The van der Waals surface area contributed by atoms with E-state index < -0.39 is 4.92 Å². The summed E-state index contributed by atoms with van der Waals surface area (Å²) >= 11 is 0. The molecule has 1 aromatic carbocycles. The summed E-state index contributed by atoms with van der Waals surface area (Å²) in [6, 6.07) is 4.09. The molecule has 0 amide bonds. The largest absolute Gasteiger partial charge is 0.377 e. The average Bonchev–Trinajstić information content (AvgIpc) is 2.16. The first kappa shape index (κ1) is 10.2. The highest BCUT2D eigenvalue weighted by Gasteiger charge is 2.11. The van der Waals surface area contributed by atoms with Gasteiger partial charge in [0, 0.05) is 31.9 Å². The maximum atomic E-state index is 10.5. The molecule has 5 nitrogen and oxygen atoms in total. The fourth-order valence-electron chi connectivity index (χ4n) is 1.11. The van der Waals surface area contributed by atoms with Gasteiger partial charge in [0.05, 0.1) is 10.5 Å². The van der Waals surface area contributed by atoms with Crippen molar-refractivity contribution >= 4 is 17.7 Å². The van der Waals surface area contributed by atoms with Crippen LogP contribution in [-0.4, -0.2) is 25.3 Å². The number of nitrogens with zero attached hydrogens (tertiary/aromatic N) is 2. The van der Waals surface area contributed by atoms with Crippen LogP contribution in [0.4, 0.5) is 11.4 Å². The van der Waals surface area contributed by atoms with E-state index >= 15 is 0 Å². The zero-order chi connectivity index (χ0) is 10.7. The van der Waals surface area contributed by atoms with Gasteiger partial charge in [-0.1, -0.05) is 0 Å². The van der Waals surface area contributed by atoms with Crippen LogP contribution in [0.15, 0.2) is 18.2 Å². The number of benzene rings is 1. The molecule has 0 saturated carbocycles. The van der Waals surface area contributed by atoms with Crippen LogP contribution in [0.2, 0.25) is 0 Å². The third-order valence-corrected chi connectivity index (χ3v) is 1.78. The molecule has 1 radical (unpaired) electrons. The van der Waals surface area contributed by atoms with E-state index in [1.54, 1.807) is 25.3 Å². The molecule has 0 aliphatic rings. The summed E-state index contributed by atoms with van der Waals surface area (Å²) in [5.74, 6) is 0. The van der Waals surface area contributed by atoms with E-state index in [-0.39, 0.29) is 11.3 Å². The van der Waals surface area contributed by atoms with E-state index in [9.17, 15) is 14.9 Å². The smallest absolute Gasteiger partial charge is 0.270 e. The lowest BCUT2D eigenvalue weighted by molar-refractivity contribution is -0.384. The Labute approximate surface area is 81.1 Å². The van der Waals surface area contributed by atoms with E-state index in [0.29, 0.717) is 5.69 Å². The van der Waals surface area contributed by atoms with Crippen LogP contribution in [0.5, 0.6) is 0 Å². The van der Waals surface area contributed by atoms with Crippen LogP contribution in [-0.2, 0) is 4.79 Å². The van der Waals surface area contributed by atoms with Crippen LogP contribution >= 0.6 is 0 Å². The second-order valence-corrected chi connectivity index (χ2v) is 2.96. The first-order chi connectivity index (χ1) is 6.56. The Kier molecular flexibility index (Phi) is 2.81. The van der Waals surface area contributed by atoms with Gasteiger partial charge in [-0.2, -0.15) is 0 Å². The zero-order valence-corrected chi connectivity index (χ0v) is 7.85. The fraction of sp³-hybridized carbons (Fsp3) is 0.222. The predicted octanol–water partition coefficient (Wildman–Crippen LogP) is 1.12. The van der Waals surface area contributed by atoms with E-state index in [2.05, 4.69) is 0 Å². The number of carbonyl (C=O) groups excluding carboxylic acids is 1. The third-order valence-electron chi connectivity index (χ3n) is 1.78. The lowest BCUT2D eigenvalue weighted by Gasteiger charge is -2.13. The molecule has 0 aliphatic heterocycles. The Balaban J connectivity index is 3.25. The summed E-state index contributed by atoms with van der Waals surface area (Å²) < 4.78 is 0. The number of hydrogen-bond acceptors (Lipinski definition) is 4. The minimum atomic E-state index is -0.541. The van der Waals surface area contributed by atoms with Crippen molar-refractivity contribution in [1.82, 2.24) is 0 Å². The van der Waals surface area contributed by atoms with E-state index in [4.69, 9.17) is 0 Å². The fourth-order valence-corrected chi connectivity index (χ4v) is 1.11. The van der Waals surface area contributed by atoms with Crippen LogP contribution in [0, 0.1) is 10.1 Å². The predicted molar refractivity (Wildman–Crippen MR) is 52.2 cm³/mol. The second kappa shape index (κ2) is 3.87. The van der Waals surface area contributed by atoms with Gasteiger partial charge in [0.15, 0.2) is 0 Å². The van der Waals surface area contributed by atoms with Crippen molar-refractivity contribution in [1.29, 1.82) is 0 Å². The molecule has 1 rings (SSSR count). The van der Waals surface area contributed by atoms with Gasteiger partial charge in [0.1, 0.15) is 0 Å². The maximum Gasteiger partial charge on any atom is 0.270 e. The minimum absolute atomic E-state index is 0.103. The number of anilines is 1. The van der Waals surface area contributed by atoms with Crippen LogP contribution in [0.1, 0.15) is 5.56 Å². The standard InChI is InChI=1S/C9H9N2O3/c1-10(2)9-4-3-8(11(13)14)5-7(9)6-12/h3-5H,1-2H3. The van der Waals surface area contributed by atoms with Gasteiger partial charge in [-0.15, -0.1) is 0 Å². The molecule has 0 aromatic heterocycles. The minimum Gasteiger partial charge on any atom is -0.377 e. The summed E-state index contributed by atoms with van der Waals surface area (Å²) in [5, 5.41) is 10.4. The molecule has 0 atom stereocenters. The second-order valence-electron chi connectivity index (χ2n) is 2.96. The zero-order valence-electron chi connectivity index (χ0n) is 7.85. The van der Waals surface area contributed by atoms with E-state index in [1.807, 2.05) is 0 Å². The molecule has 0 saturated heterocycles. The van der Waals surface area contributed by atoms with Crippen LogP contribution in [0.3, 0.4) is 0 Å². The van der Waals surface area contributed by atoms with E-state index in [1.165, 1.54) is 18.2 Å². The molecule has 0 aliphatic carbocycles. The Morgan fingerprint density at radius 2 is 2.07 bits per heavy atom. The topological polar surface area (TPSA) is 63.4 Å². The van der Waals surface area contributed by atoms with Crippen LogP contribution < -0.4 is 4.90 Å². The number of nitro groups is 1. The SMILES string of the molecule is CN(C)c1ccc([N+](=O)[O-])cc1[C]=O. The van der Waals surface area contributed by atoms with Crippen molar-refractivity contribution in [3.8, 4) is 0 Å². The molecule has 0 spiro atoms. The molecular formula is C9H9N2O3. The van der Waals surface area contributed by atoms with Crippen molar-refractivity contribution in [2.45, 2.75) is 0 Å². The van der Waals surface area contributed by atoms with Gasteiger partial charge in [0.2, 0.25) is 6.29 Å². The van der Waals surface area contributed by atoms with E-state index in [0.717, 1.165) is 0 Å². The number of nitro benzene ring substituents is 1. The third kappa shape index (κ3) is 1.87. The summed E-state index contributed by atoms with van der Waals surface area (Å²) in [7, 11) is 3.50. The summed E-state index contributed by atoms with van der Waals surface area (Å²) in [6.45, 7) is 0. The van der Waals surface area contributed by atoms with Crippen molar-refractivity contribution in [2.24, 2.45) is 0 Å². The van der Waals surface area contributed by atoms with Gasteiger partial charge in [-0.3, -0.25) is 14.9 Å². The Bertz CT molecular complexity index is 374. The number of non-ortho nitro benzene ring substituents is 1. The van der Waals surface area contributed by atoms with Crippen molar-refractivity contribution in [2.75, 3.05) is 19.0 Å². The monoisotopic (exact) mass is 193 g/mol.